The minimum absolute atomic E-state index is 0.0246. The maximum absolute atomic E-state index is 9.30. The molecule has 0 saturated carbocycles. The molecule has 2 rings (SSSR count). The monoisotopic (exact) mass is 353 g/mol. The third-order valence-corrected chi connectivity index (χ3v) is 4.33. The molecule has 0 aromatic carbocycles. The molecule has 0 spiro atoms. The zero-order valence-corrected chi connectivity index (χ0v) is 15.1. The zero-order valence-electron chi connectivity index (χ0n) is 15.1. The van der Waals surface area contributed by atoms with Gasteiger partial charge in [-0.05, 0) is 38.3 Å². The maximum Gasteiger partial charge on any atom is 0.191 e. The summed E-state index contributed by atoms with van der Waals surface area (Å²) in [6, 6.07) is 3.77. The molecule has 7 heteroatoms. The summed E-state index contributed by atoms with van der Waals surface area (Å²) in [4.78, 5) is 4.69. The highest BCUT2D eigenvalue weighted by molar-refractivity contribution is 5.79. The molecule has 1 atom stereocenters. The predicted molar refractivity (Wildman–Crippen MR) is 96.5 cm³/mol. The van der Waals surface area contributed by atoms with Gasteiger partial charge in [0.25, 0.3) is 0 Å². The van der Waals surface area contributed by atoms with Crippen molar-refractivity contribution in [2.24, 2.45) is 10.4 Å². The molecule has 25 heavy (non-hydrogen) atoms. The summed E-state index contributed by atoms with van der Waals surface area (Å²) in [5.74, 6) is 1.65. The molecule has 0 bridgehead atoms. The average Bonchev–Trinajstić information content (AvgIpc) is 3.28. The Labute approximate surface area is 149 Å². The summed E-state index contributed by atoms with van der Waals surface area (Å²) in [7, 11) is 0. The van der Waals surface area contributed by atoms with Crippen LogP contribution in [0.1, 0.15) is 31.9 Å². The van der Waals surface area contributed by atoms with Crippen LogP contribution in [-0.2, 0) is 16.1 Å². The second-order valence-electron chi connectivity index (χ2n) is 6.38. The first-order valence-corrected chi connectivity index (χ1v) is 9.09. The summed E-state index contributed by atoms with van der Waals surface area (Å²) in [6.07, 6.45) is 4.22. The Balaban J connectivity index is 1.68. The Morgan fingerprint density at radius 2 is 2.36 bits per heavy atom. The van der Waals surface area contributed by atoms with Gasteiger partial charge in [0.2, 0.25) is 0 Å². The van der Waals surface area contributed by atoms with Crippen LogP contribution in [0.2, 0.25) is 0 Å². The van der Waals surface area contributed by atoms with E-state index in [0.717, 1.165) is 50.7 Å². The molecule has 0 aliphatic carbocycles. The van der Waals surface area contributed by atoms with Crippen molar-refractivity contribution in [2.75, 3.05) is 46.1 Å². The first kappa shape index (κ1) is 19.8. The number of aliphatic hydroxyl groups excluding tert-OH is 1. The maximum atomic E-state index is 9.30. The van der Waals surface area contributed by atoms with E-state index in [-0.39, 0.29) is 12.0 Å². The van der Waals surface area contributed by atoms with Crippen LogP contribution in [0.3, 0.4) is 0 Å². The summed E-state index contributed by atoms with van der Waals surface area (Å²) >= 11 is 0. The Morgan fingerprint density at radius 1 is 1.44 bits per heavy atom. The lowest BCUT2D eigenvalue weighted by atomic mass is 9.84. The van der Waals surface area contributed by atoms with Gasteiger partial charge in [0.1, 0.15) is 12.4 Å². The highest BCUT2D eigenvalue weighted by Gasteiger charge is 2.34. The van der Waals surface area contributed by atoms with Crippen LogP contribution in [-0.4, -0.2) is 57.1 Å². The standard InChI is InChI=1S/C18H31N3O4/c1-2-19-17(21-14-18(6-9-22)7-12-24-15-18)20-8-4-10-23-13-16-5-3-11-25-16/h3,5,11,22H,2,4,6-10,12-15H2,1H3,(H2,19,20,21). The van der Waals surface area contributed by atoms with Crippen molar-refractivity contribution in [3.8, 4) is 0 Å². The van der Waals surface area contributed by atoms with E-state index in [0.29, 0.717) is 26.4 Å². The summed E-state index contributed by atoms with van der Waals surface area (Å²) < 4.78 is 16.3. The lowest BCUT2D eigenvalue weighted by molar-refractivity contribution is 0.105. The largest absolute Gasteiger partial charge is 0.467 e. The van der Waals surface area contributed by atoms with Crippen molar-refractivity contribution in [1.82, 2.24) is 10.6 Å². The van der Waals surface area contributed by atoms with Crippen LogP contribution in [0.5, 0.6) is 0 Å². The van der Waals surface area contributed by atoms with Crippen molar-refractivity contribution in [3.63, 3.8) is 0 Å². The number of ether oxygens (including phenoxy) is 2. The zero-order chi connectivity index (χ0) is 17.8. The minimum Gasteiger partial charge on any atom is -0.467 e. The molecule has 1 saturated heterocycles. The van der Waals surface area contributed by atoms with E-state index in [2.05, 4.69) is 10.6 Å². The number of guanidine groups is 1. The summed E-state index contributed by atoms with van der Waals surface area (Å²) in [5, 5.41) is 15.9. The van der Waals surface area contributed by atoms with Crippen LogP contribution < -0.4 is 10.6 Å². The molecular weight excluding hydrogens is 322 g/mol. The molecule has 0 amide bonds. The van der Waals surface area contributed by atoms with Gasteiger partial charge in [0.15, 0.2) is 5.96 Å². The molecule has 1 unspecified atom stereocenters. The second-order valence-corrected chi connectivity index (χ2v) is 6.38. The van der Waals surface area contributed by atoms with Gasteiger partial charge in [0, 0.05) is 38.3 Å². The highest BCUT2D eigenvalue weighted by Crippen LogP contribution is 2.32. The van der Waals surface area contributed by atoms with Crippen molar-refractivity contribution in [2.45, 2.75) is 32.8 Å². The second kappa shape index (κ2) is 11.1. The number of furan rings is 1. The van der Waals surface area contributed by atoms with Crippen LogP contribution in [0.15, 0.2) is 27.8 Å². The van der Waals surface area contributed by atoms with Crippen LogP contribution in [0.25, 0.3) is 0 Å². The van der Waals surface area contributed by atoms with Gasteiger partial charge in [-0.2, -0.15) is 0 Å². The number of aliphatic hydroxyl groups is 1. The van der Waals surface area contributed by atoms with Gasteiger partial charge in [0.05, 0.1) is 19.4 Å². The van der Waals surface area contributed by atoms with E-state index in [1.54, 1.807) is 6.26 Å². The molecule has 142 valence electrons. The van der Waals surface area contributed by atoms with Crippen LogP contribution in [0.4, 0.5) is 0 Å². The molecule has 7 nitrogen and oxygen atoms in total. The number of nitrogens with zero attached hydrogens (tertiary/aromatic N) is 1. The number of rotatable bonds is 11. The molecular formula is C18H31N3O4. The topological polar surface area (TPSA) is 88.3 Å². The normalized spacial score (nSPS) is 20.8. The van der Waals surface area contributed by atoms with Gasteiger partial charge in [-0.3, -0.25) is 4.99 Å². The van der Waals surface area contributed by atoms with Gasteiger partial charge < -0.3 is 29.6 Å². The Kier molecular flexibility index (Phi) is 8.79. The Bertz CT molecular complexity index is 485. The van der Waals surface area contributed by atoms with Gasteiger partial charge in [-0.1, -0.05) is 0 Å². The van der Waals surface area contributed by atoms with E-state index in [1.807, 2.05) is 19.1 Å². The molecule has 2 heterocycles. The molecule has 1 fully saturated rings. The Hall–Kier alpha value is -1.57. The molecule has 3 N–H and O–H groups in total. The average molecular weight is 353 g/mol. The summed E-state index contributed by atoms with van der Waals surface area (Å²) in [6.45, 7) is 7.08. The highest BCUT2D eigenvalue weighted by atomic mass is 16.5. The van der Waals surface area contributed by atoms with Crippen molar-refractivity contribution in [3.05, 3.63) is 24.2 Å². The number of hydrogen-bond acceptors (Lipinski definition) is 5. The lowest BCUT2D eigenvalue weighted by Crippen LogP contribution is -2.39. The van der Waals surface area contributed by atoms with E-state index >= 15 is 0 Å². The van der Waals surface area contributed by atoms with Gasteiger partial charge >= 0.3 is 0 Å². The fourth-order valence-electron chi connectivity index (χ4n) is 2.82. The van der Waals surface area contributed by atoms with E-state index < -0.39 is 0 Å². The van der Waals surface area contributed by atoms with E-state index in [9.17, 15) is 5.11 Å². The lowest BCUT2D eigenvalue weighted by Gasteiger charge is -2.24. The van der Waals surface area contributed by atoms with Crippen molar-refractivity contribution >= 4 is 5.96 Å². The molecule has 1 aromatic rings. The Morgan fingerprint density at radius 3 is 3.04 bits per heavy atom. The minimum atomic E-state index is -0.0246. The smallest absolute Gasteiger partial charge is 0.191 e. The van der Waals surface area contributed by atoms with E-state index in [4.69, 9.17) is 18.9 Å². The molecule has 0 radical (unpaired) electrons. The number of aliphatic imine (C=N–C) groups is 1. The van der Waals surface area contributed by atoms with Crippen molar-refractivity contribution in [1.29, 1.82) is 0 Å². The van der Waals surface area contributed by atoms with Crippen LogP contribution in [0, 0.1) is 5.41 Å². The van der Waals surface area contributed by atoms with Gasteiger partial charge in [-0.15, -0.1) is 0 Å². The van der Waals surface area contributed by atoms with Crippen molar-refractivity contribution < 1.29 is 19.0 Å². The summed E-state index contributed by atoms with van der Waals surface area (Å²) in [5.41, 5.74) is -0.0246. The molecule has 1 aliphatic heterocycles. The fraction of sp³-hybridized carbons (Fsp3) is 0.722. The molecule has 1 aromatic heterocycles. The number of hydrogen-bond donors (Lipinski definition) is 3. The predicted octanol–water partition coefficient (Wildman–Crippen LogP) is 1.53. The third kappa shape index (κ3) is 7.05. The molecule has 1 aliphatic rings. The quantitative estimate of drug-likeness (QED) is 0.318. The fourth-order valence-corrected chi connectivity index (χ4v) is 2.82. The third-order valence-electron chi connectivity index (χ3n) is 4.33. The van der Waals surface area contributed by atoms with Crippen LogP contribution >= 0.6 is 0 Å². The van der Waals surface area contributed by atoms with Gasteiger partial charge in [-0.25, -0.2) is 0 Å². The number of nitrogens with one attached hydrogen (secondary N) is 2. The SMILES string of the molecule is CCNC(=NCC1(CCO)CCOC1)NCCCOCc1ccco1. The van der Waals surface area contributed by atoms with E-state index in [1.165, 1.54) is 0 Å². The first-order chi connectivity index (χ1) is 12.3. The first-order valence-electron chi connectivity index (χ1n) is 9.09.